The lowest BCUT2D eigenvalue weighted by Gasteiger charge is -2.12. The van der Waals surface area contributed by atoms with Crippen molar-refractivity contribution in [1.29, 1.82) is 0 Å². The van der Waals surface area contributed by atoms with Gasteiger partial charge in [0.2, 0.25) is 5.69 Å². The first kappa shape index (κ1) is 20.0. The van der Waals surface area contributed by atoms with Crippen molar-refractivity contribution < 1.29 is 30.6 Å². The Bertz CT molecular complexity index is 1280. The number of aromatic nitrogens is 1. The molecule has 0 saturated heterocycles. The Hall–Kier alpha value is -3.31. The quantitative estimate of drug-likeness (QED) is 0.493. The third-order valence-corrected chi connectivity index (χ3v) is 5.22. The van der Waals surface area contributed by atoms with Crippen LogP contribution in [0.25, 0.3) is 22.0 Å². The number of alkyl halides is 3. The lowest BCUT2D eigenvalue weighted by atomic mass is 9.89. The topological polar surface area (TPSA) is 29.8 Å². The first-order valence-electron chi connectivity index (χ1n) is 9.20. The van der Waals surface area contributed by atoms with Crippen molar-refractivity contribution in [2.24, 2.45) is 0 Å². The molecule has 5 rings (SSSR count). The van der Waals surface area contributed by atoms with Gasteiger partial charge in [0.05, 0.1) is 16.7 Å². The number of H-pyrrole nitrogens is 1. The summed E-state index contributed by atoms with van der Waals surface area (Å²) in [6.45, 7) is 0. The number of nitrogens with one attached hydrogen (secondary N) is 2. The van der Waals surface area contributed by atoms with E-state index in [4.69, 9.17) is 0 Å². The summed E-state index contributed by atoms with van der Waals surface area (Å²) in [6.07, 6.45) is -0.529. The van der Waals surface area contributed by atoms with Crippen molar-refractivity contribution in [3.05, 3.63) is 101 Å². The number of hydrogen-bond acceptors (Lipinski definition) is 0. The van der Waals surface area contributed by atoms with Crippen LogP contribution in [0.1, 0.15) is 22.3 Å². The van der Waals surface area contributed by atoms with Gasteiger partial charge in [0.15, 0.2) is 6.21 Å². The number of fused-ring (bicyclic) bond motifs is 2. The van der Waals surface area contributed by atoms with Gasteiger partial charge in [-0.3, -0.25) is 0 Å². The molecule has 4 aromatic rings. The Morgan fingerprint density at radius 3 is 2.30 bits per heavy atom. The Morgan fingerprint density at radius 2 is 1.53 bits per heavy atom. The van der Waals surface area contributed by atoms with Gasteiger partial charge in [-0.05, 0) is 29.8 Å². The fraction of sp³-hybridized carbons (Fsp3) is 0.0417. The molecule has 30 heavy (non-hydrogen) atoms. The van der Waals surface area contributed by atoms with Crippen molar-refractivity contribution in [1.82, 2.24) is 4.98 Å². The average molecular weight is 425 g/mol. The van der Waals surface area contributed by atoms with Crippen molar-refractivity contribution in [3.63, 3.8) is 0 Å². The molecule has 0 bridgehead atoms. The third kappa shape index (κ3) is 3.31. The molecule has 1 aromatic heterocycles. The lowest BCUT2D eigenvalue weighted by Crippen LogP contribution is -3.00. The van der Waals surface area contributed by atoms with E-state index in [2.05, 4.69) is 9.98 Å². The summed E-state index contributed by atoms with van der Waals surface area (Å²) >= 11 is 0. The van der Waals surface area contributed by atoms with Crippen molar-refractivity contribution in [2.45, 2.75) is 6.18 Å². The second-order valence-corrected chi connectivity index (χ2v) is 6.95. The highest BCUT2D eigenvalue weighted by atomic mass is 35.5. The van der Waals surface area contributed by atoms with Gasteiger partial charge in [-0.1, -0.05) is 42.5 Å². The van der Waals surface area contributed by atoms with Crippen LogP contribution in [-0.2, 0) is 6.18 Å². The van der Waals surface area contributed by atoms with Crippen LogP contribution in [-0.4, -0.2) is 11.2 Å². The molecule has 0 amide bonds. The van der Waals surface area contributed by atoms with Crippen LogP contribution < -0.4 is 17.4 Å². The fourth-order valence-corrected chi connectivity index (χ4v) is 3.84. The van der Waals surface area contributed by atoms with Crippen LogP contribution in [0, 0.1) is 0 Å². The van der Waals surface area contributed by atoms with Crippen molar-refractivity contribution in [3.8, 4) is 0 Å². The zero-order valence-electron chi connectivity index (χ0n) is 15.6. The van der Waals surface area contributed by atoms with Crippen LogP contribution in [0.2, 0.25) is 0 Å². The lowest BCUT2D eigenvalue weighted by molar-refractivity contribution is -0.342. The van der Waals surface area contributed by atoms with Crippen LogP contribution in [0.5, 0.6) is 0 Å². The molecule has 0 aliphatic carbocycles. The van der Waals surface area contributed by atoms with Crippen molar-refractivity contribution >= 4 is 34.0 Å². The normalized spacial score (nSPS) is 14.5. The van der Waals surface area contributed by atoms with E-state index in [-0.39, 0.29) is 12.4 Å². The first-order chi connectivity index (χ1) is 14.0. The summed E-state index contributed by atoms with van der Waals surface area (Å²) in [5.41, 5.74) is 5.83. The molecular weight excluding hydrogens is 409 g/mol. The minimum atomic E-state index is -4.36. The SMILES string of the molecule is FC(F)(F)c1ccc(/C(=C2/C=[NH+]c3ccccc32)c2c[nH]c3ccccc23)cc1.[Cl-]. The summed E-state index contributed by atoms with van der Waals surface area (Å²) in [4.78, 5) is 6.55. The maximum atomic E-state index is 13.1. The number of rotatable bonds is 2. The predicted octanol–water partition coefficient (Wildman–Crippen LogP) is 1.95. The van der Waals surface area contributed by atoms with E-state index >= 15 is 0 Å². The summed E-state index contributed by atoms with van der Waals surface area (Å²) in [6, 6.07) is 21.2. The number of para-hydroxylation sites is 2. The van der Waals surface area contributed by atoms with E-state index in [9.17, 15) is 13.2 Å². The van der Waals surface area contributed by atoms with Gasteiger partial charge in [-0.2, -0.15) is 13.2 Å². The molecule has 1 aliphatic heterocycles. The standard InChI is InChI=1S/C24H15F3N2.ClH/c25-24(26,27)16-11-9-15(10-12-16)23(19-13-28-21-7-3-1-5-17(19)21)20-14-29-22-8-4-2-6-18(20)22;/h1-14,28H;1H/b23-20+;. The Morgan fingerprint density at radius 1 is 0.833 bits per heavy atom. The Labute approximate surface area is 177 Å². The molecule has 1 aliphatic rings. The van der Waals surface area contributed by atoms with Crippen LogP contribution in [0.3, 0.4) is 0 Å². The summed E-state index contributed by atoms with van der Waals surface area (Å²) in [5, 5.41) is 1.02. The van der Waals surface area contributed by atoms with Crippen LogP contribution in [0.4, 0.5) is 18.9 Å². The largest absolute Gasteiger partial charge is 1.00 e. The zero-order chi connectivity index (χ0) is 20.0. The van der Waals surface area contributed by atoms with E-state index < -0.39 is 11.7 Å². The molecule has 0 fully saturated rings. The molecule has 0 spiro atoms. The Kier molecular flexibility index (Phi) is 5.00. The van der Waals surface area contributed by atoms with E-state index in [0.717, 1.165) is 56.6 Å². The first-order valence-corrected chi connectivity index (χ1v) is 9.20. The van der Waals surface area contributed by atoms with Gasteiger partial charge < -0.3 is 17.4 Å². The number of hydrogen-bond donors (Lipinski definition) is 2. The maximum Gasteiger partial charge on any atom is 0.416 e. The van der Waals surface area contributed by atoms with Crippen LogP contribution >= 0.6 is 0 Å². The van der Waals surface area contributed by atoms with Gasteiger partial charge in [0, 0.05) is 34.3 Å². The Balaban J connectivity index is 0.00000218. The van der Waals surface area contributed by atoms with Gasteiger partial charge >= 0.3 is 6.18 Å². The van der Waals surface area contributed by atoms with Gasteiger partial charge in [0.25, 0.3) is 0 Å². The molecule has 2 nitrogen and oxygen atoms in total. The van der Waals surface area contributed by atoms with E-state index in [0.29, 0.717) is 0 Å². The molecule has 3 aromatic carbocycles. The smallest absolute Gasteiger partial charge is 0.416 e. The molecule has 6 heteroatoms. The predicted molar refractivity (Wildman–Crippen MR) is 109 cm³/mol. The van der Waals surface area contributed by atoms with Gasteiger partial charge in [0.1, 0.15) is 0 Å². The average Bonchev–Trinajstić information content (AvgIpc) is 3.34. The number of aromatic amines is 1. The summed E-state index contributed by atoms with van der Waals surface area (Å²) in [7, 11) is 0. The van der Waals surface area contributed by atoms with E-state index in [1.54, 1.807) is 12.1 Å². The molecule has 2 N–H and O–H groups in total. The van der Waals surface area contributed by atoms with Crippen LogP contribution in [0.15, 0.2) is 79.0 Å². The zero-order valence-corrected chi connectivity index (χ0v) is 16.4. The molecule has 0 atom stereocenters. The number of allylic oxidation sites excluding steroid dienone is 1. The molecule has 150 valence electrons. The molecular formula is C24H16ClF3N2. The number of benzene rings is 3. The minimum absolute atomic E-state index is 0. The van der Waals surface area contributed by atoms with Crippen molar-refractivity contribution in [2.75, 3.05) is 0 Å². The van der Waals surface area contributed by atoms with Gasteiger partial charge in [-0.25, -0.2) is 4.99 Å². The van der Waals surface area contributed by atoms with E-state index in [1.165, 1.54) is 0 Å². The van der Waals surface area contributed by atoms with E-state index in [1.807, 2.05) is 60.9 Å². The highest BCUT2D eigenvalue weighted by Crippen LogP contribution is 2.38. The third-order valence-electron chi connectivity index (χ3n) is 5.22. The minimum Gasteiger partial charge on any atom is -1.00 e. The highest BCUT2D eigenvalue weighted by Gasteiger charge is 2.31. The number of halogens is 4. The van der Waals surface area contributed by atoms with Gasteiger partial charge in [-0.15, -0.1) is 0 Å². The molecule has 0 saturated carbocycles. The molecule has 2 heterocycles. The summed E-state index contributed by atoms with van der Waals surface area (Å²) < 4.78 is 39.2. The monoisotopic (exact) mass is 424 g/mol. The second kappa shape index (κ2) is 7.50. The highest BCUT2D eigenvalue weighted by molar-refractivity contribution is 6.24. The molecule has 0 unspecified atom stereocenters. The second-order valence-electron chi connectivity index (χ2n) is 6.95. The summed E-state index contributed by atoms with van der Waals surface area (Å²) in [5.74, 6) is 0. The molecule has 0 radical (unpaired) electrons. The fourth-order valence-electron chi connectivity index (χ4n) is 3.84. The maximum absolute atomic E-state index is 13.1.